The van der Waals surface area contributed by atoms with Crippen LogP contribution in [0.2, 0.25) is 0 Å². The van der Waals surface area contributed by atoms with Gasteiger partial charge in [0.15, 0.2) is 4.34 Å². The molecule has 0 saturated carbocycles. The number of nitrogens with one attached hydrogen (secondary N) is 1. The van der Waals surface area contributed by atoms with Crippen LogP contribution in [-0.2, 0) is 6.42 Å². The van der Waals surface area contributed by atoms with Crippen molar-refractivity contribution in [2.45, 2.75) is 43.5 Å². The number of aryl methyl sites for hydroxylation is 2. The second-order valence-corrected chi connectivity index (χ2v) is 6.00. The third kappa shape index (κ3) is 3.42. The summed E-state index contributed by atoms with van der Waals surface area (Å²) in [5.41, 5.74) is 1.07. The molecular formula is C12H17N5S2. The van der Waals surface area contributed by atoms with E-state index >= 15 is 0 Å². The van der Waals surface area contributed by atoms with Gasteiger partial charge < -0.3 is 5.32 Å². The van der Waals surface area contributed by atoms with Gasteiger partial charge in [0.05, 0.1) is 0 Å². The Balaban J connectivity index is 2.35. The molecule has 0 amide bonds. The van der Waals surface area contributed by atoms with Gasteiger partial charge in [-0.25, -0.2) is 15.0 Å². The fraction of sp³-hybridized carbons (Fsp3) is 0.500. The number of anilines is 1. The Morgan fingerprint density at radius 2 is 1.95 bits per heavy atom. The van der Waals surface area contributed by atoms with E-state index in [1.54, 1.807) is 11.8 Å². The van der Waals surface area contributed by atoms with Gasteiger partial charge in [0.1, 0.15) is 22.5 Å². The minimum atomic E-state index is 0.807. The van der Waals surface area contributed by atoms with Crippen molar-refractivity contribution in [2.24, 2.45) is 0 Å². The molecule has 0 spiro atoms. The van der Waals surface area contributed by atoms with Crippen LogP contribution in [0.15, 0.2) is 9.37 Å². The van der Waals surface area contributed by atoms with Gasteiger partial charge in [0.2, 0.25) is 0 Å². The van der Waals surface area contributed by atoms with E-state index in [1.165, 1.54) is 11.5 Å². The molecule has 0 unspecified atom stereocenters. The van der Waals surface area contributed by atoms with Crippen molar-refractivity contribution in [1.29, 1.82) is 0 Å². The molecule has 0 aromatic carbocycles. The van der Waals surface area contributed by atoms with Gasteiger partial charge in [-0.1, -0.05) is 6.92 Å². The molecule has 1 N–H and O–H groups in total. The van der Waals surface area contributed by atoms with Crippen LogP contribution < -0.4 is 5.32 Å². The van der Waals surface area contributed by atoms with Gasteiger partial charge in [-0.3, -0.25) is 0 Å². The minimum Gasteiger partial charge on any atom is -0.370 e. The summed E-state index contributed by atoms with van der Waals surface area (Å²) in [5.74, 6) is 2.57. The SMILES string of the molecule is CCNc1nc(CC)nc(Sc2nc(C)ns2)c1C. The van der Waals surface area contributed by atoms with E-state index in [4.69, 9.17) is 0 Å². The van der Waals surface area contributed by atoms with Crippen molar-refractivity contribution in [3.8, 4) is 0 Å². The topological polar surface area (TPSA) is 63.6 Å². The van der Waals surface area contributed by atoms with Crippen LogP contribution in [0.1, 0.15) is 31.1 Å². The average Bonchev–Trinajstić information content (AvgIpc) is 2.80. The Hall–Kier alpha value is -1.21. The lowest BCUT2D eigenvalue weighted by Crippen LogP contribution is -2.07. The standard InChI is InChI=1S/C12H17N5S2/c1-5-9-15-10(13-6-2)7(3)11(16-9)18-12-14-8(4)17-19-12/h5-6H2,1-4H3,(H,13,15,16). The van der Waals surface area contributed by atoms with E-state index in [0.29, 0.717) is 0 Å². The molecule has 0 saturated heterocycles. The zero-order valence-corrected chi connectivity index (χ0v) is 13.2. The lowest BCUT2D eigenvalue weighted by atomic mass is 10.3. The number of nitrogens with zero attached hydrogens (tertiary/aromatic N) is 4. The summed E-state index contributed by atoms with van der Waals surface area (Å²) in [6, 6.07) is 0. The molecule has 0 bridgehead atoms. The van der Waals surface area contributed by atoms with Crippen LogP contribution in [-0.4, -0.2) is 25.9 Å². The van der Waals surface area contributed by atoms with E-state index in [0.717, 1.165) is 45.4 Å². The van der Waals surface area contributed by atoms with Crippen molar-refractivity contribution in [3.05, 3.63) is 17.2 Å². The third-order valence-electron chi connectivity index (χ3n) is 2.50. The first-order chi connectivity index (χ1) is 9.13. The molecular weight excluding hydrogens is 278 g/mol. The first kappa shape index (κ1) is 14.2. The summed E-state index contributed by atoms with van der Waals surface area (Å²) in [7, 11) is 0. The molecule has 7 heteroatoms. The van der Waals surface area contributed by atoms with Crippen molar-refractivity contribution in [3.63, 3.8) is 0 Å². The van der Waals surface area contributed by atoms with Gasteiger partial charge in [-0.05, 0) is 44.1 Å². The first-order valence-corrected chi connectivity index (χ1v) is 7.82. The molecule has 2 aromatic heterocycles. The highest BCUT2D eigenvalue weighted by molar-refractivity contribution is 8.00. The van der Waals surface area contributed by atoms with Crippen molar-refractivity contribution in [1.82, 2.24) is 19.3 Å². The number of hydrogen-bond acceptors (Lipinski definition) is 7. The molecule has 2 heterocycles. The first-order valence-electron chi connectivity index (χ1n) is 6.23. The van der Waals surface area contributed by atoms with Crippen molar-refractivity contribution >= 4 is 29.1 Å². The molecule has 2 rings (SSSR count). The Labute approximate surface area is 121 Å². The molecule has 0 aliphatic carbocycles. The van der Waals surface area contributed by atoms with Crippen LogP contribution in [0.5, 0.6) is 0 Å². The summed E-state index contributed by atoms with van der Waals surface area (Å²) < 4.78 is 5.11. The normalized spacial score (nSPS) is 10.7. The van der Waals surface area contributed by atoms with E-state index in [1.807, 2.05) is 13.8 Å². The maximum atomic E-state index is 4.59. The van der Waals surface area contributed by atoms with E-state index in [2.05, 4.69) is 38.5 Å². The molecule has 5 nitrogen and oxygen atoms in total. The highest BCUT2D eigenvalue weighted by Gasteiger charge is 2.13. The predicted octanol–water partition coefficient (Wildman–Crippen LogP) is 3.09. The number of aromatic nitrogens is 4. The molecule has 0 radical (unpaired) electrons. The lowest BCUT2D eigenvalue weighted by molar-refractivity contribution is 0.870. The fourth-order valence-corrected chi connectivity index (χ4v) is 3.21. The summed E-state index contributed by atoms with van der Waals surface area (Å²) in [6.07, 6.45) is 0.821. The Kier molecular flexibility index (Phi) is 4.71. The second kappa shape index (κ2) is 6.29. The smallest absolute Gasteiger partial charge is 0.176 e. The van der Waals surface area contributed by atoms with Gasteiger partial charge in [0, 0.05) is 18.5 Å². The summed E-state index contributed by atoms with van der Waals surface area (Å²) in [4.78, 5) is 13.5. The summed E-state index contributed by atoms with van der Waals surface area (Å²) in [6.45, 7) is 8.91. The van der Waals surface area contributed by atoms with E-state index in [-0.39, 0.29) is 0 Å². The fourth-order valence-electron chi connectivity index (χ4n) is 1.54. The highest BCUT2D eigenvalue weighted by atomic mass is 32.2. The van der Waals surface area contributed by atoms with E-state index in [9.17, 15) is 0 Å². The van der Waals surface area contributed by atoms with Gasteiger partial charge in [-0.15, -0.1) is 0 Å². The average molecular weight is 295 g/mol. The van der Waals surface area contributed by atoms with Gasteiger partial charge in [-0.2, -0.15) is 4.37 Å². The second-order valence-electron chi connectivity index (χ2n) is 4.01. The van der Waals surface area contributed by atoms with Crippen LogP contribution in [0.3, 0.4) is 0 Å². The molecule has 0 atom stereocenters. The Bertz CT molecular complexity index is 567. The maximum Gasteiger partial charge on any atom is 0.176 e. The molecule has 0 fully saturated rings. The molecule has 19 heavy (non-hydrogen) atoms. The third-order valence-corrected chi connectivity index (χ3v) is 4.43. The van der Waals surface area contributed by atoms with Crippen molar-refractivity contribution < 1.29 is 0 Å². The van der Waals surface area contributed by atoms with Gasteiger partial charge >= 0.3 is 0 Å². The molecule has 2 aromatic rings. The Morgan fingerprint density at radius 1 is 1.16 bits per heavy atom. The van der Waals surface area contributed by atoms with Crippen LogP contribution in [0.25, 0.3) is 0 Å². The van der Waals surface area contributed by atoms with E-state index < -0.39 is 0 Å². The predicted molar refractivity (Wildman–Crippen MR) is 79.1 cm³/mol. The minimum absolute atomic E-state index is 0.807. The maximum absolute atomic E-state index is 4.59. The zero-order valence-electron chi connectivity index (χ0n) is 11.5. The lowest BCUT2D eigenvalue weighted by Gasteiger charge is -2.11. The molecule has 0 aliphatic rings. The Morgan fingerprint density at radius 3 is 2.53 bits per heavy atom. The number of hydrogen-bond donors (Lipinski definition) is 1. The monoisotopic (exact) mass is 295 g/mol. The summed E-state index contributed by atoms with van der Waals surface area (Å²) in [5, 5.41) is 4.24. The quantitative estimate of drug-likeness (QED) is 0.855. The van der Waals surface area contributed by atoms with Crippen LogP contribution in [0.4, 0.5) is 5.82 Å². The summed E-state index contributed by atoms with van der Waals surface area (Å²) >= 11 is 2.97. The van der Waals surface area contributed by atoms with Gasteiger partial charge in [0.25, 0.3) is 0 Å². The van der Waals surface area contributed by atoms with Crippen LogP contribution in [0, 0.1) is 13.8 Å². The zero-order chi connectivity index (χ0) is 13.8. The largest absolute Gasteiger partial charge is 0.370 e. The van der Waals surface area contributed by atoms with Crippen LogP contribution >= 0.6 is 23.3 Å². The molecule has 102 valence electrons. The number of rotatable bonds is 5. The highest BCUT2D eigenvalue weighted by Crippen LogP contribution is 2.32. The molecule has 0 aliphatic heterocycles. The van der Waals surface area contributed by atoms with Crippen molar-refractivity contribution in [2.75, 3.05) is 11.9 Å².